The lowest BCUT2D eigenvalue weighted by atomic mass is 10.0. The van der Waals surface area contributed by atoms with Crippen molar-refractivity contribution < 1.29 is 14.6 Å². The van der Waals surface area contributed by atoms with Crippen molar-refractivity contribution in [1.29, 1.82) is 0 Å². The van der Waals surface area contributed by atoms with Gasteiger partial charge in [-0.25, -0.2) is 0 Å². The molecular weight excluding hydrogens is 254 g/mol. The molecule has 4 heteroatoms. The number of methoxy groups -OCH3 is 1. The third-order valence-corrected chi connectivity index (χ3v) is 3.98. The summed E-state index contributed by atoms with van der Waals surface area (Å²) in [5.41, 5.74) is 1.26. The van der Waals surface area contributed by atoms with Gasteiger partial charge >= 0.3 is 5.97 Å². The molecule has 0 amide bonds. The van der Waals surface area contributed by atoms with Gasteiger partial charge in [-0.1, -0.05) is 25.0 Å². The summed E-state index contributed by atoms with van der Waals surface area (Å²) in [4.78, 5) is 13.1. The van der Waals surface area contributed by atoms with Crippen molar-refractivity contribution in [3.05, 3.63) is 29.8 Å². The Labute approximate surface area is 120 Å². The second kappa shape index (κ2) is 7.29. The molecule has 4 nitrogen and oxygen atoms in total. The van der Waals surface area contributed by atoms with Crippen LogP contribution in [0.1, 0.15) is 43.7 Å². The molecule has 110 valence electrons. The topological polar surface area (TPSA) is 49.8 Å². The second-order valence-corrected chi connectivity index (χ2v) is 5.32. The van der Waals surface area contributed by atoms with Gasteiger partial charge in [-0.05, 0) is 37.1 Å². The molecule has 1 atom stereocenters. The maximum absolute atomic E-state index is 10.8. The largest absolute Gasteiger partial charge is 0.497 e. The molecule has 1 aromatic carbocycles. The first-order valence-corrected chi connectivity index (χ1v) is 7.30. The Bertz CT molecular complexity index is 430. The van der Waals surface area contributed by atoms with Gasteiger partial charge in [0.25, 0.3) is 0 Å². The van der Waals surface area contributed by atoms with Gasteiger partial charge in [0.2, 0.25) is 0 Å². The first kappa shape index (κ1) is 14.9. The molecule has 1 saturated heterocycles. The molecule has 20 heavy (non-hydrogen) atoms. The number of carbonyl (C=O) groups is 1. The zero-order chi connectivity index (χ0) is 14.4. The van der Waals surface area contributed by atoms with Crippen LogP contribution >= 0.6 is 0 Å². The Kier molecular flexibility index (Phi) is 5.41. The van der Waals surface area contributed by atoms with Crippen LogP contribution in [0.15, 0.2) is 24.3 Å². The van der Waals surface area contributed by atoms with E-state index < -0.39 is 5.97 Å². The van der Waals surface area contributed by atoms with Gasteiger partial charge in [-0.3, -0.25) is 9.69 Å². The molecule has 1 fully saturated rings. The summed E-state index contributed by atoms with van der Waals surface area (Å²) < 4.78 is 5.20. The highest BCUT2D eigenvalue weighted by molar-refractivity contribution is 5.66. The number of carboxylic acid groups (broad SMARTS) is 1. The van der Waals surface area contributed by atoms with E-state index in [0.29, 0.717) is 12.6 Å². The van der Waals surface area contributed by atoms with Gasteiger partial charge in [0.1, 0.15) is 5.75 Å². The van der Waals surface area contributed by atoms with Crippen LogP contribution in [0, 0.1) is 0 Å². The average molecular weight is 277 g/mol. The summed E-state index contributed by atoms with van der Waals surface area (Å²) in [6, 6.07) is 8.50. The minimum atomic E-state index is -0.720. The molecular formula is C16H23NO3. The van der Waals surface area contributed by atoms with Crippen molar-refractivity contribution in [3.8, 4) is 5.75 Å². The fourth-order valence-electron chi connectivity index (χ4n) is 2.88. The first-order chi connectivity index (χ1) is 9.70. The molecule has 0 aromatic heterocycles. The summed E-state index contributed by atoms with van der Waals surface area (Å²) in [5.74, 6) is 0.141. The predicted octanol–water partition coefficient (Wildman–Crippen LogP) is 3.09. The third-order valence-electron chi connectivity index (χ3n) is 3.98. The highest BCUT2D eigenvalue weighted by atomic mass is 16.5. The third kappa shape index (κ3) is 3.97. The molecule has 0 radical (unpaired) electrons. The SMILES string of the molecule is COc1ccc(C2CCCCCN2CCC(=O)O)cc1. The Balaban J connectivity index is 2.11. The number of ether oxygens (including phenoxy) is 1. The molecule has 1 aliphatic heterocycles. The van der Waals surface area contributed by atoms with Gasteiger partial charge in [0.05, 0.1) is 13.5 Å². The fourth-order valence-corrected chi connectivity index (χ4v) is 2.88. The molecule has 1 unspecified atom stereocenters. The summed E-state index contributed by atoms with van der Waals surface area (Å²) in [5, 5.41) is 8.90. The molecule has 0 aliphatic carbocycles. The fraction of sp³-hybridized carbons (Fsp3) is 0.562. The zero-order valence-electron chi connectivity index (χ0n) is 12.0. The van der Waals surface area contributed by atoms with Crippen molar-refractivity contribution in [2.75, 3.05) is 20.2 Å². The van der Waals surface area contributed by atoms with Crippen LogP contribution in [0.25, 0.3) is 0 Å². The zero-order valence-corrected chi connectivity index (χ0v) is 12.0. The van der Waals surface area contributed by atoms with E-state index in [0.717, 1.165) is 25.1 Å². The molecule has 1 aromatic rings. The Morgan fingerprint density at radius 3 is 2.70 bits per heavy atom. The molecule has 0 bridgehead atoms. The van der Waals surface area contributed by atoms with Gasteiger partial charge < -0.3 is 9.84 Å². The molecule has 1 aliphatic rings. The summed E-state index contributed by atoms with van der Waals surface area (Å²) in [6.07, 6.45) is 4.92. The van der Waals surface area contributed by atoms with Crippen LogP contribution in [0.2, 0.25) is 0 Å². The number of benzene rings is 1. The second-order valence-electron chi connectivity index (χ2n) is 5.32. The number of carboxylic acids is 1. The lowest BCUT2D eigenvalue weighted by molar-refractivity contribution is -0.137. The average Bonchev–Trinajstić information content (AvgIpc) is 2.70. The lowest BCUT2D eigenvalue weighted by Crippen LogP contribution is -2.30. The maximum atomic E-state index is 10.8. The van der Waals surface area contributed by atoms with Crippen LogP contribution in [-0.4, -0.2) is 36.2 Å². The van der Waals surface area contributed by atoms with Crippen molar-refractivity contribution in [3.63, 3.8) is 0 Å². The Morgan fingerprint density at radius 1 is 1.30 bits per heavy atom. The van der Waals surface area contributed by atoms with E-state index in [2.05, 4.69) is 17.0 Å². The quantitative estimate of drug-likeness (QED) is 0.898. The monoisotopic (exact) mass is 277 g/mol. The molecule has 0 spiro atoms. The number of hydrogen-bond donors (Lipinski definition) is 1. The van der Waals surface area contributed by atoms with Crippen LogP contribution in [0.4, 0.5) is 0 Å². The molecule has 1 heterocycles. The van der Waals surface area contributed by atoms with E-state index in [1.54, 1.807) is 7.11 Å². The van der Waals surface area contributed by atoms with Gasteiger partial charge in [0.15, 0.2) is 0 Å². The van der Waals surface area contributed by atoms with E-state index in [1.165, 1.54) is 18.4 Å². The minimum Gasteiger partial charge on any atom is -0.497 e. The van der Waals surface area contributed by atoms with Crippen LogP contribution in [0.3, 0.4) is 0 Å². The van der Waals surface area contributed by atoms with E-state index in [9.17, 15) is 4.79 Å². The van der Waals surface area contributed by atoms with E-state index >= 15 is 0 Å². The maximum Gasteiger partial charge on any atom is 0.304 e. The van der Waals surface area contributed by atoms with Crippen molar-refractivity contribution in [2.24, 2.45) is 0 Å². The summed E-state index contributed by atoms with van der Waals surface area (Å²) in [6.45, 7) is 1.62. The normalized spacial score (nSPS) is 20.4. The molecule has 1 N–H and O–H groups in total. The summed E-state index contributed by atoms with van der Waals surface area (Å²) >= 11 is 0. The Morgan fingerprint density at radius 2 is 2.05 bits per heavy atom. The standard InChI is InChI=1S/C16H23NO3/c1-20-14-8-6-13(7-9-14)15-5-3-2-4-11-17(15)12-10-16(18)19/h6-9,15H,2-5,10-12H2,1H3,(H,18,19). The Hall–Kier alpha value is -1.55. The number of rotatable bonds is 5. The van der Waals surface area contributed by atoms with E-state index in [4.69, 9.17) is 9.84 Å². The molecule has 0 saturated carbocycles. The van der Waals surface area contributed by atoms with Crippen molar-refractivity contribution in [2.45, 2.75) is 38.1 Å². The number of hydrogen-bond acceptors (Lipinski definition) is 3. The number of aliphatic carboxylic acids is 1. The molecule has 2 rings (SSSR count). The first-order valence-electron chi connectivity index (χ1n) is 7.30. The lowest BCUT2D eigenvalue weighted by Gasteiger charge is -2.30. The van der Waals surface area contributed by atoms with Crippen LogP contribution in [-0.2, 0) is 4.79 Å². The predicted molar refractivity (Wildman–Crippen MR) is 78.0 cm³/mol. The number of likely N-dealkylation sites (tertiary alicyclic amines) is 1. The van der Waals surface area contributed by atoms with E-state index in [-0.39, 0.29) is 6.42 Å². The van der Waals surface area contributed by atoms with Crippen molar-refractivity contribution in [1.82, 2.24) is 4.90 Å². The summed E-state index contributed by atoms with van der Waals surface area (Å²) in [7, 11) is 1.67. The highest BCUT2D eigenvalue weighted by Crippen LogP contribution is 2.31. The minimum absolute atomic E-state index is 0.215. The number of nitrogens with zero attached hydrogens (tertiary/aromatic N) is 1. The van der Waals surface area contributed by atoms with Gasteiger partial charge in [-0.15, -0.1) is 0 Å². The van der Waals surface area contributed by atoms with Crippen LogP contribution < -0.4 is 4.74 Å². The highest BCUT2D eigenvalue weighted by Gasteiger charge is 2.22. The van der Waals surface area contributed by atoms with Crippen molar-refractivity contribution >= 4 is 5.97 Å². The van der Waals surface area contributed by atoms with E-state index in [1.807, 2.05) is 12.1 Å². The van der Waals surface area contributed by atoms with Gasteiger partial charge in [-0.2, -0.15) is 0 Å². The van der Waals surface area contributed by atoms with Crippen LogP contribution in [0.5, 0.6) is 5.75 Å². The smallest absolute Gasteiger partial charge is 0.304 e. The van der Waals surface area contributed by atoms with Gasteiger partial charge in [0, 0.05) is 12.6 Å².